The third kappa shape index (κ3) is 3.83. The lowest BCUT2D eigenvalue weighted by molar-refractivity contribution is -0.139. The average molecular weight is 424 g/mol. The molecule has 8 heteroatoms. The van der Waals surface area contributed by atoms with Crippen LogP contribution in [0, 0.1) is 6.92 Å². The zero-order chi connectivity index (χ0) is 20.5. The largest absolute Gasteiger partial charge is 0.463 e. The Kier molecular flexibility index (Phi) is 5.88. The maximum absolute atomic E-state index is 14.8. The number of rotatable bonds is 5. The summed E-state index contributed by atoms with van der Waals surface area (Å²) in [5.74, 6) is -1.72. The molecule has 0 saturated carbocycles. The smallest absolute Gasteiger partial charge is 0.338 e. The van der Waals surface area contributed by atoms with Crippen LogP contribution in [0.25, 0.3) is 0 Å². The molecule has 1 atom stereocenters. The normalized spacial score (nSPS) is 17.8. The zero-order valence-corrected chi connectivity index (χ0v) is 16.9. The molecule has 2 aromatic rings. The zero-order valence-electron chi connectivity index (χ0n) is 15.4. The minimum absolute atomic E-state index is 0.0167. The molecule has 0 aromatic heterocycles. The summed E-state index contributed by atoms with van der Waals surface area (Å²) in [4.78, 5) is 12.4. The second kappa shape index (κ2) is 8.03. The molecular weight excluding hydrogens is 405 g/mol. The summed E-state index contributed by atoms with van der Waals surface area (Å²) >= 11 is 6.05. The standard InChI is InChI=1S/C20H19ClFNO4S/c1-3-27-20(24)18-17(22)12-23(19(18)14-5-4-6-15(21)11-14)28(25,26)16-9-7-13(2)8-10-16/h4-11,19H,3,12H2,1-2H3. The van der Waals surface area contributed by atoms with Gasteiger partial charge in [0, 0.05) is 5.02 Å². The van der Waals surface area contributed by atoms with Gasteiger partial charge in [0.2, 0.25) is 10.0 Å². The highest BCUT2D eigenvalue weighted by atomic mass is 35.5. The van der Waals surface area contributed by atoms with Gasteiger partial charge in [-0.15, -0.1) is 0 Å². The first kappa shape index (κ1) is 20.5. The van der Waals surface area contributed by atoms with Gasteiger partial charge in [-0.3, -0.25) is 0 Å². The third-order valence-electron chi connectivity index (χ3n) is 4.44. The summed E-state index contributed by atoms with van der Waals surface area (Å²) in [6, 6.07) is 11.4. The van der Waals surface area contributed by atoms with Crippen LogP contribution in [0.1, 0.15) is 24.1 Å². The first-order valence-corrected chi connectivity index (χ1v) is 10.5. The van der Waals surface area contributed by atoms with Crippen molar-refractivity contribution in [3.63, 3.8) is 0 Å². The van der Waals surface area contributed by atoms with Crippen molar-refractivity contribution in [2.24, 2.45) is 0 Å². The van der Waals surface area contributed by atoms with Crippen LogP contribution in [0.3, 0.4) is 0 Å². The van der Waals surface area contributed by atoms with Crippen LogP contribution in [-0.4, -0.2) is 31.8 Å². The monoisotopic (exact) mass is 423 g/mol. The predicted octanol–water partition coefficient (Wildman–Crippen LogP) is 4.18. The Morgan fingerprint density at radius 1 is 1.25 bits per heavy atom. The van der Waals surface area contributed by atoms with Gasteiger partial charge in [0.15, 0.2) is 0 Å². The highest BCUT2D eigenvalue weighted by Crippen LogP contribution is 2.42. The molecule has 0 amide bonds. The molecule has 3 rings (SSSR count). The van der Waals surface area contributed by atoms with E-state index in [0.29, 0.717) is 10.6 Å². The van der Waals surface area contributed by atoms with E-state index in [4.69, 9.17) is 16.3 Å². The molecule has 0 saturated heterocycles. The molecule has 0 N–H and O–H groups in total. The Hall–Kier alpha value is -2.22. The molecule has 28 heavy (non-hydrogen) atoms. The summed E-state index contributed by atoms with van der Waals surface area (Å²) in [6.45, 7) is 2.92. The summed E-state index contributed by atoms with van der Waals surface area (Å²) in [5, 5.41) is 0.348. The van der Waals surface area contributed by atoms with Crippen LogP contribution in [0.4, 0.5) is 4.39 Å². The lowest BCUT2D eigenvalue weighted by Gasteiger charge is -2.26. The van der Waals surface area contributed by atoms with Crippen LogP contribution in [0.5, 0.6) is 0 Å². The molecule has 0 aliphatic carbocycles. The van der Waals surface area contributed by atoms with E-state index in [-0.39, 0.29) is 17.1 Å². The SMILES string of the molecule is CCOC(=O)C1=C(F)CN(S(=O)(=O)c2ccc(C)cc2)C1c1cccc(Cl)c1. The Morgan fingerprint density at radius 3 is 2.54 bits per heavy atom. The average Bonchev–Trinajstić information content (AvgIpc) is 3.00. The van der Waals surface area contributed by atoms with E-state index in [9.17, 15) is 17.6 Å². The van der Waals surface area contributed by atoms with Gasteiger partial charge in [-0.05, 0) is 43.7 Å². The fourth-order valence-corrected chi connectivity index (χ4v) is 4.85. The number of hydrogen-bond donors (Lipinski definition) is 0. The first-order chi connectivity index (χ1) is 13.3. The number of hydrogen-bond acceptors (Lipinski definition) is 4. The van der Waals surface area contributed by atoms with E-state index >= 15 is 0 Å². The number of halogens is 2. The number of esters is 1. The Labute approximate surface area is 168 Å². The van der Waals surface area contributed by atoms with E-state index in [1.807, 2.05) is 6.92 Å². The van der Waals surface area contributed by atoms with Gasteiger partial charge in [-0.25, -0.2) is 17.6 Å². The highest BCUT2D eigenvalue weighted by Gasteiger charge is 2.45. The number of benzene rings is 2. The summed E-state index contributed by atoms with van der Waals surface area (Å²) < 4.78 is 47.2. The fraction of sp³-hybridized carbons (Fsp3) is 0.250. The molecule has 1 aliphatic heterocycles. The molecule has 2 aromatic carbocycles. The van der Waals surface area contributed by atoms with Gasteiger partial charge >= 0.3 is 5.97 Å². The molecule has 1 unspecified atom stereocenters. The van der Waals surface area contributed by atoms with E-state index in [1.165, 1.54) is 18.2 Å². The number of sulfonamides is 1. The Balaban J connectivity index is 2.13. The number of carbonyl (C=O) groups excluding carboxylic acids is 1. The molecule has 0 bridgehead atoms. The summed E-state index contributed by atoms with van der Waals surface area (Å²) in [5.41, 5.74) is 0.960. The molecule has 1 aliphatic rings. The van der Waals surface area contributed by atoms with Crippen molar-refractivity contribution in [2.45, 2.75) is 24.8 Å². The van der Waals surface area contributed by atoms with Crippen molar-refractivity contribution in [1.29, 1.82) is 0 Å². The van der Waals surface area contributed by atoms with Gasteiger partial charge < -0.3 is 4.74 Å². The lowest BCUT2D eigenvalue weighted by atomic mass is 10.0. The van der Waals surface area contributed by atoms with Crippen LogP contribution < -0.4 is 0 Å². The van der Waals surface area contributed by atoms with Crippen molar-refractivity contribution >= 4 is 27.6 Å². The van der Waals surface area contributed by atoms with Gasteiger partial charge in [-0.2, -0.15) is 4.31 Å². The predicted molar refractivity (Wildman–Crippen MR) is 104 cm³/mol. The molecule has 0 fully saturated rings. The molecular formula is C20H19ClFNO4S. The molecule has 0 radical (unpaired) electrons. The molecule has 148 valence electrons. The Bertz CT molecular complexity index is 1030. The topological polar surface area (TPSA) is 63.7 Å². The van der Waals surface area contributed by atoms with E-state index in [2.05, 4.69) is 0 Å². The molecule has 0 spiro atoms. The minimum atomic E-state index is -4.08. The van der Waals surface area contributed by atoms with Crippen molar-refractivity contribution in [1.82, 2.24) is 4.31 Å². The number of aryl methyl sites for hydroxylation is 1. The van der Waals surface area contributed by atoms with E-state index in [1.54, 1.807) is 37.3 Å². The van der Waals surface area contributed by atoms with Crippen LogP contribution >= 0.6 is 11.6 Å². The van der Waals surface area contributed by atoms with E-state index in [0.717, 1.165) is 9.87 Å². The maximum atomic E-state index is 14.8. The number of nitrogens with zero attached hydrogens (tertiary/aromatic N) is 1. The van der Waals surface area contributed by atoms with Gasteiger partial charge in [0.25, 0.3) is 0 Å². The fourth-order valence-electron chi connectivity index (χ4n) is 3.12. The van der Waals surface area contributed by atoms with Crippen molar-refractivity contribution in [3.8, 4) is 0 Å². The third-order valence-corrected chi connectivity index (χ3v) is 6.50. The van der Waals surface area contributed by atoms with Gasteiger partial charge in [0.1, 0.15) is 5.83 Å². The van der Waals surface area contributed by atoms with Crippen molar-refractivity contribution < 1.29 is 22.3 Å². The first-order valence-electron chi connectivity index (χ1n) is 8.65. The second-order valence-corrected chi connectivity index (χ2v) is 8.69. The molecule has 5 nitrogen and oxygen atoms in total. The van der Waals surface area contributed by atoms with Gasteiger partial charge in [0.05, 0.1) is 29.7 Å². The van der Waals surface area contributed by atoms with Crippen LogP contribution in [-0.2, 0) is 19.6 Å². The highest BCUT2D eigenvalue weighted by molar-refractivity contribution is 7.89. The number of ether oxygens (including phenoxy) is 1. The summed E-state index contributed by atoms with van der Waals surface area (Å²) in [6.07, 6.45) is 0. The van der Waals surface area contributed by atoms with Crippen LogP contribution in [0.15, 0.2) is 64.8 Å². The van der Waals surface area contributed by atoms with Crippen LogP contribution in [0.2, 0.25) is 5.02 Å². The van der Waals surface area contributed by atoms with E-state index < -0.39 is 34.4 Å². The molecule has 1 heterocycles. The maximum Gasteiger partial charge on any atom is 0.338 e. The lowest BCUT2D eigenvalue weighted by Crippen LogP contribution is -2.33. The quantitative estimate of drug-likeness (QED) is 0.677. The van der Waals surface area contributed by atoms with Crippen molar-refractivity contribution in [3.05, 3.63) is 76.1 Å². The van der Waals surface area contributed by atoms with Gasteiger partial charge in [-0.1, -0.05) is 41.4 Å². The second-order valence-electron chi connectivity index (χ2n) is 6.36. The number of carbonyl (C=O) groups is 1. The summed E-state index contributed by atoms with van der Waals surface area (Å²) in [7, 11) is -4.08. The van der Waals surface area contributed by atoms with Crippen molar-refractivity contribution in [2.75, 3.05) is 13.2 Å². The Morgan fingerprint density at radius 2 is 1.93 bits per heavy atom. The minimum Gasteiger partial charge on any atom is -0.463 e.